The number of rotatable bonds is 4. The molecule has 0 saturated carbocycles. The van der Waals surface area contributed by atoms with Crippen LogP contribution in [0.2, 0.25) is 0 Å². The lowest BCUT2D eigenvalue weighted by atomic mass is 9.69. The van der Waals surface area contributed by atoms with Gasteiger partial charge < -0.3 is 9.52 Å². The van der Waals surface area contributed by atoms with Crippen LogP contribution in [0.25, 0.3) is 0 Å². The summed E-state index contributed by atoms with van der Waals surface area (Å²) >= 11 is 0. The minimum Gasteiger partial charge on any atom is -0.478 e. The molecular weight excluding hydrogens is 288 g/mol. The van der Waals surface area contributed by atoms with Gasteiger partial charge in [0.15, 0.2) is 0 Å². The van der Waals surface area contributed by atoms with E-state index in [-0.39, 0.29) is 5.41 Å². The smallest absolute Gasteiger partial charge is 0.335 e. The second-order valence-corrected chi connectivity index (χ2v) is 6.85. The Kier molecular flexibility index (Phi) is 5.64. The monoisotopic (exact) mass is 314 g/mol. The molecule has 1 aromatic heterocycles. The first-order valence-corrected chi connectivity index (χ1v) is 8.22. The summed E-state index contributed by atoms with van der Waals surface area (Å²) in [5.74, 6) is -0.403. The summed E-state index contributed by atoms with van der Waals surface area (Å²) in [6.07, 6.45) is 13.9. The Balaban J connectivity index is 2.14. The summed E-state index contributed by atoms with van der Waals surface area (Å²) in [7, 11) is 0. The maximum absolute atomic E-state index is 11.3. The SMILES string of the molecule is C=C1CCC(C)C(C)(CCc2ccoc2)CC=CC=C1C(=O)O. The fourth-order valence-electron chi connectivity index (χ4n) is 3.13. The van der Waals surface area contributed by atoms with E-state index in [2.05, 4.69) is 26.5 Å². The highest BCUT2D eigenvalue weighted by atomic mass is 16.4. The van der Waals surface area contributed by atoms with Gasteiger partial charge in [0.05, 0.1) is 18.1 Å². The van der Waals surface area contributed by atoms with Crippen molar-refractivity contribution in [3.63, 3.8) is 0 Å². The van der Waals surface area contributed by atoms with Gasteiger partial charge in [-0.25, -0.2) is 4.79 Å². The topological polar surface area (TPSA) is 50.4 Å². The van der Waals surface area contributed by atoms with Crippen LogP contribution < -0.4 is 0 Å². The average molecular weight is 314 g/mol. The van der Waals surface area contributed by atoms with Gasteiger partial charge in [-0.15, -0.1) is 0 Å². The van der Waals surface area contributed by atoms with E-state index in [0.717, 1.165) is 32.1 Å². The lowest BCUT2D eigenvalue weighted by Gasteiger charge is -2.36. The third kappa shape index (κ3) is 4.47. The van der Waals surface area contributed by atoms with Crippen molar-refractivity contribution < 1.29 is 14.3 Å². The van der Waals surface area contributed by atoms with E-state index < -0.39 is 5.97 Å². The molecule has 1 aliphatic rings. The minimum atomic E-state index is -0.893. The van der Waals surface area contributed by atoms with Gasteiger partial charge in [0.2, 0.25) is 0 Å². The second kappa shape index (κ2) is 7.49. The van der Waals surface area contributed by atoms with E-state index in [1.54, 1.807) is 12.3 Å². The van der Waals surface area contributed by atoms with E-state index in [1.807, 2.05) is 18.4 Å². The highest BCUT2D eigenvalue weighted by molar-refractivity contribution is 5.91. The Labute approximate surface area is 138 Å². The van der Waals surface area contributed by atoms with Crippen LogP contribution in [0, 0.1) is 11.3 Å². The van der Waals surface area contributed by atoms with E-state index in [9.17, 15) is 9.90 Å². The molecule has 0 spiro atoms. The molecule has 0 amide bonds. The molecule has 3 nitrogen and oxygen atoms in total. The first kappa shape index (κ1) is 17.3. The van der Waals surface area contributed by atoms with Crippen molar-refractivity contribution in [1.82, 2.24) is 0 Å². The van der Waals surface area contributed by atoms with Crippen molar-refractivity contribution in [2.45, 2.75) is 46.0 Å². The highest BCUT2D eigenvalue weighted by Crippen LogP contribution is 2.40. The highest BCUT2D eigenvalue weighted by Gasteiger charge is 2.30. The van der Waals surface area contributed by atoms with Gasteiger partial charge in [-0.3, -0.25) is 0 Å². The predicted octanol–water partition coefficient (Wildman–Crippen LogP) is 5.16. The lowest BCUT2D eigenvalue weighted by molar-refractivity contribution is -0.132. The zero-order chi connectivity index (χ0) is 16.9. The largest absolute Gasteiger partial charge is 0.478 e. The van der Waals surface area contributed by atoms with Crippen LogP contribution in [0.1, 0.15) is 45.1 Å². The first-order valence-electron chi connectivity index (χ1n) is 8.22. The summed E-state index contributed by atoms with van der Waals surface area (Å²) in [6.45, 7) is 8.56. The Bertz CT molecular complexity index is 607. The molecule has 1 heterocycles. The van der Waals surface area contributed by atoms with Gasteiger partial charge in [0.25, 0.3) is 0 Å². The molecule has 2 rings (SSSR count). The number of aliphatic carboxylic acids is 1. The Morgan fingerprint density at radius 3 is 2.96 bits per heavy atom. The third-order valence-corrected chi connectivity index (χ3v) is 5.23. The van der Waals surface area contributed by atoms with Crippen molar-refractivity contribution in [2.24, 2.45) is 11.3 Å². The van der Waals surface area contributed by atoms with Gasteiger partial charge in [0.1, 0.15) is 0 Å². The predicted molar refractivity (Wildman–Crippen MR) is 92.1 cm³/mol. The standard InChI is InChI=1S/C20H26O3/c1-15-7-8-16(2)20(3,12-9-17-10-13-23-14-17)11-5-4-6-18(15)19(21)22/h4-6,10,13-14,16H,1,7-9,11-12H2,2-3H3,(H,21,22). The number of allylic oxidation sites excluding steroid dienone is 3. The van der Waals surface area contributed by atoms with E-state index in [1.165, 1.54) is 5.56 Å². The molecule has 0 aromatic carbocycles. The summed E-state index contributed by atoms with van der Waals surface area (Å²) < 4.78 is 5.15. The Hall–Kier alpha value is -2.03. The normalized spacial score (nSPS) is 25.9. The molecule has 2 atom stereocenters. The second-order valence-electron chi connectivity index (χ2n) is 6.85. The number of carboxylic acid groups (broad SMARTS) is 1. The maximum atomic E-state index is 11.3. The molecular formula is C20H26O3. The number of carbonyl (C=O) groups is 1. The van der Waals surface area contributed by atoms with Crippen LogP contribution >= 0.6 is 0 Å². The van der Waals surface area contributed by atoms with Crippen LogP contribution in [-0.2, 0) is 11.2 Å². The summed E-state index contributed by atoms with van der Waals surface area (Å²) in [4.78, 5) is 11.3. The number of furan rings is 1. The molecule has 0 bridgehead atoms. The number of aryl methyl sites for hydroxylation is 1. The fourth-order valence-corrected chi connectivity index (χ4v) is 3.13. The fraction of sp³-hybridized carbons (Fsp3) is 0.450. The molecule has 23 heavy (non-hydrogen) atoms. The Morgan fingerprint density at radius 2 is 2.30 bits per heavy atom. The average Bonchev–Trinajstić information content (AvgIpc) is 3.02. The van der Waals surface area contributed by atoms with Crippen molar-refractivity contribution in [3.05, 3.63) is 60.1 Å². The van der Waals surface area contributed by atoms with Crippen molar-refractivity contribution in [3.8, 4) is 0 Å². The molecule has 1 aromatic rings. The van der Waals surface area contributed by atoms with Crippen LogP contribution in [0.15, 0.2) is 59.0 Å². The number of hydrogen-bond donors (Lipinski definition) is 1. The zero-order valence-corrected chi connectivity index (χ0v) is 14.0. The molecule has 0 radical (unpaired) electrons. The van der Waals surface area contributed by atoms with E-state index in [0.29, 0.717) is 17.1 Å². The van der Waals surface area contributed by atoms with E-state index in [4.69, 9.17) is 4.42 Å². The quantitative estimate of drug-likeness (QED) is 0.835. The van der Waals surface area contributed by atoms with Gasteiger partial charge in [0, 0.05) is 0 Å². The van der Waals surface area contributed by atoms with Crippen LogP contribution in [0.5, 0.6) is 0 Å². The molecule has 124 valence electrons. The zero-order valence-electron chi connectivity index (χ0n) is 14.0. The summed E-state index contributed by atoms with van der Waals surface area (Å²) in [5, 5.41) is 9.27. The van der Waals surface area contributed by atoms with Crippen molar-refractivity contribution >= 4 is 5.97 Å². The number of carboxylic acids is 1. The summed E-state index contributed by atoms with van der Waals surface area (Å²) in [5.41, 5.74) is 2.46. The van der Waals surface area contributed by atoms with Crippen LogP contribution in [0.4, 0.5) is 0 Å². The van der Waals surface area contributed by atoms with Gasteiger partial charge >= 0.3 is 5.97 Å². The molecule has 1 aliphatic carbocycles. The molecule has 0 fully saturated rings. The maximum Gasteiger partial charge on any atom is 0.335 e. The lowest BCUT2D eigenvalue weighted by Crippen LogP contribution is -2.26. The number of hydrogen-bond acceptors (Lipinski definition) is 2. The molecule has 0 aliphatic heterocycles. The molecule has 0 saturated heterocycles. The van der Waals surface area contributed by atoms with E-state index >= 15 is 0 Å². The summed E-state index contributed by atoms with van der Waals surface area (Å²) in [6, 6.07) is 2.02. The molecule has 2 unspecified atom stereocenters. The van der Waals surface area contributed by atoms with Crippen LogP contribution in [0.3, 0.4) is 0 Å². The van der Waals surface area contributed by atoms with Gasteiger partial charge in [-0.2, -0.15) is 0 Å². The van der Waals surface area contributed by atoms with Crippen LogP contribution in [-0.4, -0.2) is 11.1 Å². The van der Waals surface area contributed by atoms with Crippen molar-refractivity contribution in [2.75, 3.05) is 0 Å². The molecule has 3 heteroatoms. The third-order valence-electron chi connectivity index (χ3n) is 5.23. The Morgan fingerprint density at radius 1 is 1.52 bits per heavy atom. The minimum absolute atomic E-state index is 0.183. The van der Waals surface area contributed by atoms with Crippen molar-refractivity contribution in [1.29, 1.82) is 0 Å². The van der Waals surface area contributed by atoms with Gasteiger partial charge in [-0.1, -0.05) is 32.6 Å². The first-order chi connectivity index (χ1) is 10.9. The molecule has 1 N–H and O–H groups in total. The van der Waals surface area contributed by atoms with Gasteiger partial charge in [-0.05, 0) is 66.7 Å².